The van der Waals surface area contributed by atoms with Gasteiger partial charge in [-0.05, 0) is 72.0 Å². The molecule has 40 heavy (non-hydrogen) atoms. The van der Waals surface area contributed by atoms with E-state index in [1.807, 2.05) is 49.4 Å². The topological polar surface area (TPSA) is 67.4 Å². The second-order valence-corrected chi connectivity index (χ2v) is 10.8. The number of nitrogens with one attached hydrogen (secondary N) is 2. The molecule has 6 rings (SSSR count). The molecule has 0 aromatic heterocycles. The predicted molar refractivity (Wildman–Crippen MR) is 158 cm³/mol. The molecule has 2 N–H and O–H groups in total. The lowest BCUT2D eigenvalue weighted by Crippen LogP contribution is -2.18. The lowest BCUT2D eigenvalue weighted by molar-refractivity contribution is 0.0972. The summed E-state index contributed by atoms with van der Waals surface area (Å²) in [5.41, 5.74) is 9.03. The summed E-state index contributed by atoms with van der Waals surface area (Å²) in [4.78, 5) is 24.4. The van der Waals surface area contributed by atoms with Gasteiger partial charge in [0.15, 0.2) is 0 Å². The summed E-state index contributed by atoms with van der Waals surface area (Å²) in [6.45, 7) is 10.2. The van der Waals surface area contributed by atoms with Crippen LogP contribution in [0.1, 0.15) is 74.9 Å². The van der Waals surface area contributed by atoms with Gasteiger partial charge in [0.1, 0.15) is 11.5 Å². The maximum atomic E-state index is 12.3. The third-order valence-electron chi connectivity index (χ3n) is 7.88. The number of rotatable bonds is 6. The third kappa shape index (κ3) is 4.50. The first-order chi connectivity index (χ1) is 19.2. The highest BCUT2D eigenvalue weighted by Crippen LogP contribution is 2.35. The van der Waals surface area contributed by atoms with Crippen molar-refractivity contribution in [2.45, 2.75) is 32.6 Å². The van der Waals surface area contributed by atoms with E-state index in [0.717, 1.165) is 28.8 Å². The molecule has 5 nitrogen and oxygen atoms in total. The molecule has 198 valence electrons. The lowest BCUT2D eigenvalue weighted by Gasteiger charge is -2.26. The Hall–Kier alpha value is -4.90. The van der Waals surface area contributed by atoms with Crippen LogP contribution < -0.4 is 15.4 Å². The maximum absolute atomic E-state index is 12.3. The van der Waals surface area contributed by atoms with Crippen molar-refractivity contribution in [3.8, 4) is 11.5 Å². The van der Waals surface area contributed by atoms with Gasteiger partial charge in [0.25, 0.3) is 11.8 Å². The highest BCUT2D eigenvalue weighted by atomic mass is 16.5. The molecule has 2 amide bonds. The molecule has 4 aromatic rings. The number of ether oxygens (including phenoxy) is 1. The minimum Gasteiger partial charge on any atom is -0.457 e. The third-order valence-corrected chi connectivity index (χ3v) is 7.88. The molecule has 0 saturated heterocycles. The van der Waals surface area contributed by atoms with Crippen LogP contribution >= 0.6 is 0 Å². The van der Waals surface area contributed by atoms with Gasteiger partial charge in [-0.15, -0.1) is 0 Å². The molecule has 0 aliphatic carbocycles. The molecule has 2 heterocycles. The first-order valence-electron chi connectivity index (χ1n) is 13.4. The summed E-state index contributed by atoms with van der Waals surface area (Å²) in [6, 6.07) is 28.3. The van der Waals surface area contributed by atoms with E-state index in [0.29, 0.717) is 28.3 Å². The van der Waals surface area contributed by atoms with Gasteiger partial charge in [-0.1, -0.05) is 75.0 Å². The number of benzene rings is 4. The van der Waals surface area contributed by atoms with Crippen molar-refractivity contribution < 1.29 is 14.3 Å². The number of carbonyl (C=O) groups excluding carboxylic acids is 2. The normalized spacial score (nSPS) is 15.1. The lowest BCUT2D eigenvalue weighted by atomic mass is 9.78. The zero-order chi connectivity index (χ0) is 28.0. The zero-order valence-electron chi connectivity index (χ0n) is 22.8. The van der Waals surface area contributed by atoms with Gasteiger partial charge in [-0.2, -0.15) is 0 Å². The molecule has 0 spiro atoms. The standard InChI is InChI=1S/C35H30N2O3/c1-5-32-29-17-15-27(20-31(29)34(39)37-32)40-26-13-11-25(12-14-26)35(3,4)24-9-6-22(7-10-24)18-23-8-16-28-21(2)36-33(38)30(28)19-23/h5-17,19-20H,2,18H2,1,3-4H3,(H,36,38)(H,37,39)/b32-5+. The van der Waals surface area contributed by atoms with Crippen LogP contribution in [0.25, 0.3) is 11.4 Å². The van der Waals surface area contributed by atoms with Gasteiger partial charge in [0.05, 0.1) is 5.56 Å². The Labute approximate surface area is 234 Å². The summed E-state index contributed by atoms with van der Waals surface area (Å²) in [6.07, 6.45) is 2.64. The fraction of sp³-hybridized carbons (Fsp3) is 0.143. The summed E-state index contributed by atoms with van der Waals surface area (Å²) in [5, 5.41) is 5.66. The van der Waals surface area contributed by atoms with E-state index in [-0.39, 0.29) is 17.2 Å². The van der Waals surface area contributed by atoms with E-state index >= 15 is 0 Å². The Kier molecular flexibility index (Phi) is 6.15. The molecule has 0 unspecified atom stereocenters. The highest BCUT2D eigenvalue weighted by molar-refractivity contribution is 6.09. The van der Waals surface area contributed by atoms with Crippen LogP contribution in [-0.4, -0.2) is 11.8 Å². The number of amides is 2. The molecule has 2 aliphatic rings. The van der Waals surface area contributed by atoms with E-state index in [1.54, 1.807) is 6.07 Å². The Bertz CT molecular complexity index is 1710. The molecule has 0 saturated carbocycles. The molecule has 5 heteroatoms. The highest BCUT2D eigenvalue weighted by Gasteiger charge is 2.25. The molecule has 0 atom stereocenters. The monoisotopic (exact) mass is 526 g/mol. The van der Waals surface area contributed by atoms with Crippen LogP contribution in [0, 0.1) is 0 Å². The SMILES string of the molecule is C=C1NC(=O)c2cc(Cc3ccc(C(C)(C)c4ccc(Oc5ccc6c(c5)C(=O)N/C6=C/C)cc4)cc3)ccc21. The first-order valence-corrected chi connectivity index (χ1v) is 13.4. The van der Waals surface area contributed by atoms with Crippen molar-refractivity contribution in [2.75, 3.05) is 0 Å². The van der Waals surface area contributed by atoms with Gasteiger partial charge in [0.2, 0.25) is 0 Å². The molecule has 0 fully saturated rings. The summed E-state index contributed by atoms with van der Waals surface area (Å²) in [5.74, 6) is 1.15. The Morgan fingerprint density at radius 2 is 1.27 bits per heavy atom. The van der Waals surface area contributed by atoms with Crippen molar-refractivity contribution in [3.63, 3.8) is 0 Å². The van der Waals surface area contributed by atoms with Crippen LogP contribution in [0.2, 0.25) is 0 Å². The Balaban J connectivity index is 1.15. The number of hydrogen-bond donors (Lipinski definition) is 2. The van der Waals surface area contributed by atoms with Crippen LogP contribution in [0.4, 0.5) is 0 Å². The number of allylic oxidation sites excluding steroid dienone is 1. The fourth-order valence-electron chi connectivity index (χ4n) is 5.44. The van der Waals surface area contributed by atoms with Crippen molar-refractivity contribution in [2.24, 2.45) is 0 Å². The van der Waals surface area contributed by atoms with Crippen molar-refractivity contribution >= 4 is 23.2 Å². The minimum atomic E-state index is -0.211. The van der Waals surface area contributed by atoms with E-state index in [2.05, 4.69) is 73.5 Å². The quantitative estimate of drug-likeness (QED) is 0.279. The Morgan fingerprint density at radius 3 is 1.98 bits per heavy atom. The summed E-state index contributed by atoms with van der Waals surface area (Å²) < 4.78 is 6.08. The van der Waals surface area contributed by atoms with Gasteiger partial charge in [0, 0.05) is 33.5 Å². The molecule has 4 aromatic carbocycles. The van der Waals surface area contributed by atoms with Gasteiger partial charge < -0.3 is 15.4 Å². The smallest absolute Gasteiger partial charge is 0.256 e. The zero-order valence-corrected chi connectivity index (χ0v) is 22.8. The number of hydrogen-bond acceptors (Lipinski definition) is 3. The summed E-state index contributed by atoms with van der Waals surface area (Å²) in [7, 11) is 0. The van der Waals surface area contributed by atoms with Crippen LogP contribution in [0.5, 0.6) is 11.5 Å². The van der Waals surface area contributed by atoms with E-state index in [1.165, 1.54) is 16.7 Å². The van der Waals surface area contributed by atoms with Crippen LogP contribution in [0.15, 0.2) is 97.6 Å². The number of fused-ring (bicyclic) bond motifs is 2. The van der Waals surface area contributed by atoms with Crippen LogP contribution in [0.3, 0.4) is 0 Å². The van der Waals surface area contributed by atoms with Crippen LogP contribution in [-0.2, 0) is 11.8 Å². The summed E-state index contributed by atoms with van der Waals surface area (Å²) >= 11 is 0. The minimum absolute atomic E-state index is 0.0852. The van der Waals surface area contributed by atoms with Crippen molar-refractivity contribution in [1.29, 1.82) is 0 Å². The molecular weight excluding hydrogens is 496 g/mol. The second kappa shape index (κ2) is 9.69. The molecule has 2 aliphatic heterocycles. The van der Waals surface area contributed by atoms with Gasteiger partial charge in [-0.3, -0.25) is 9.59 Å². The average Bonchev–Trinajstić information content (AvgIpc) is 3.43. The maximum Gasteiger partial charge on any atom is 0.256 e. The average molecular weight is 527 g/mol. The largest absolute Gasteiger partial charge is 0.457 e. The molecule has 0 bridgehead atoms. The molecule has 0 radical (unpaired) electrons. The Morgan fingerprint density at radius 1 is 0.700 bits per heavy atom. The number of carbonyl (C=O) groups is 2. The predicted octanol–water partition coefficient (Wildman–Crippen LogP) is 7.21. The van der Waals surface area contributed by atoms with Crippen molar-refractivity contribution in [1.82, 2.24) is 10.6 Å². The fourth-order valence-corrected chi connectivity index (χ4v) is 5.44. The van der Waals surface area contributed by atoms with Gasteiger partial charge in [-0.25, -0.2) is 0 Å². The first kappa shape index (κ1) is 25.4. The van der Waals surface area contributed by atoms with Crippen molar-refractivity contribution in [3.05, 3.63) is 142 Å². The second-order valence-electron chi connectivity index (χ2n) is 10.8. The van der Waals surface area contributed by atoms with Gasteiger partial charge >= 0.3 is 0 Å². The van der Waals surface area contributed by atoms with E-state index < -0.39 is 0 Å². The van der Waals surface area contributed by atoms with E-state index in [9.17, 15) is 9.59 Å². The van der Waals surface area contributed by atoms with E-state index in [4.69, 9.17) is 4.74 Å². The molecular formula is C35H30N2O3.